The van der Waals surface area contributed by atoms with Crippen LogP contribution in [0, 0.1) is 5.92 Å². The van der Waals surface area contributed by atoms with Gasteiger partial charge in [0.05, 0.1) is 0 Å². The van der Waals surface area contributed by atoms with Gasteiger partial charge in [-0.15, -0.1) is 0 Å². The molecule has 0 bridgehead atoms. The van der Waals surface area contributed by atoms with Crippen molar-refractivity contribution in [3.05, 3.63) is 11.8 Å². The maximum atomic E-state index is 5.33. The standard InChI is InChI=1S/C14H25N3S/c1-11-7-5-6-10-13(11)16-17-14(18)15-12-8-3-2-4-9-12/h10-12,16H,2-9H2,1H3,(H2,15,17,18)/t11-/m0/s1. The van der Waals surface area contributed by atoms with Crippen LogP contribution in [-0.2, 0) is 0 Å². The van der Waals surface area contributed by atoms with E-state index in [1.54, 1.807) is 0 Å². The van der Waals surface area contributed by atoms with Crippen LogP contribution in [-0.4, -0.2) is 11.2 Å². The van der Waals surface area contributed by atoms with E-state index in [0.29, 0.717) is 12.0 Å². The molecule has 0 aromatic rings. The van der Waals surface area contributed by atoms with Gasteiger partial charge < -0.3 is 10.7 Å². The van der Waals surface area contributed by atoms with Crippen molar-refractivity contribution >= 4 is 17.3 Å². The summed E-state index contributed by atoms with van der Waals surface area (Å²) in [6.45, 7) is 2.26. The summed E-state index contributed by atoms with van der Waals surface area (Å²) in [4.78, 5) is 0. The van der Waals surface area contributed by atoms with Gasteiger partial charge in [0.25, 0.3) is 0 Å². The Labute approximate surface area is 116 Å². The van der Waals surface area contributed by atoms with E-state index in [0.717, 1.165) is 5.11 Å². The van der Waals surface area contributed by atoms with Crippen LogP contribution in [0.4, 0.5) is 0 Å². The number of hydrazine groups is 1. The summed E-state index contributed by atoms with van der Waals surface area (Å²) >= 11 is 5.33. The minimum absolute atomic E-state index is 0.568. The molecule has 1 atom stereocenters. The van der Waals surface area contributed by atoms with Crippen LogP contribution in [0.1, 0.15) is 58.3 Å². The van der Waals surface area contributed by atoms with Gasteiger partial charge in [-0.1, -0.05) is 32.3 Å². The van der Waals surface area contributed by atoms with E-state index in [9.17, 15) is 0 Å². The molecule has 2 rings (SSSR count). The first-order valence-corrected chi connectivity index (χ1v) is 7.69. The molecular weight excluding hydrogens is 242 g/mol. The maximum Gasteiger partial charge on any atom is 0.185 e. The Balaban J connectivity index is 1.69. The van der Waals surface area contributed by atoms with Gasteiger partial charge in [-0.05, 0) is 50.2 Å². The molecule has 1 fully saturated rings. The summed E-state index contributed by atoms with van der Waals surface area (Å²) < 4.78 is 0. The van der Waals surface area contributed by atoms with Crippen molar-refractivity contribution in [2.45, 2.75) is 64.3 Å². The Bertz CT molecular complexity index is 308. The van der Waals surface area contributed by atoms with Crippen molar-refractivity contribution in [2.24, 2.45) is 5.92 Å². The molecule has 0 aliphatic heterocycles. The highest BCUT2D eigenvalue weighted by Crippen LogP contribution is 2.21. The molecule has 0 unspecified atom stereocenters. The summed E-state index contributed by atoms with van der Waals surface area (Å²) in [7, 11) is 0. The Kier molecular flexibility index (Phi) is 5.29. The van der Waals surface area contributed by atoms with E-state index in [1.807, 2.05) is 0 Å². The highest BCUT2D eigenvalue weighted by molar-refractivity contribution is 7.80. The molecule has 2 aliphatic rings. The van der Waals surface area contributed by atoms with Crippen LogP contribution < -0.4 is 16.2 Å². The predicted molar refractivity (Wildman–Crippen MR) is 80.0 cm³/mol. The summed E-state index contributed by atoms with van der Waals surface area (Å²) in [5.74, 6) is 0.615. The minimum Gasteiger partial charge on any atom is -0.359 e. The van der Waals surface area contributed by atoms with Gasteiger partial charge in [0.15, 0.2) is 5.11 Å². The van der Waals surface area contributed by atoms with Gasteiger partial charge >= 0.3 is 0 Å². The van der Waals surface area contributed by atoms with E-state index in [-0.39, 0.29) is 0 Å². The molecule has 0 radical (unpaired) electrons. The van der Waals surface area contributed by atoms with Crippen molar-refractivity contribution in [1.82, 2.24) is 16.2 Å². The lowest BCUT2D eigenvalue weighted by atomic mass is 9.94. The second-order valence-electron chi connectivity index (χ2n) is 5.55. The average molecular weight is 267 g/mol. The van der Waals surface area contributed by atoms with Crippen LogP contribution in [0.25, 0.3) is 0 Å². The van der Waals surface area contributed by atoms with E-state index in [4.69, 9.17) is 12.2 Å². The molecule has 3 nitrogen and oxygen atoms in total. The van der Waals surface area contributed by atoms with Gasteiger partial charge in [-0.25, -0.2) is 0 Å². The van der Waals surface area contributed by atoms with Gasteiger partial charge in [0, 0.05) is 11.7 Å². The minimum atomic E-state index is 0.568. The first-order chi connectivity index (χ1) is 8.75. The Morgan fingerprint density at radius 2 is 1.94 bits per heavy atom. The normalized spacial score (nSPS) is 25.2. The topological polar surface area (TPSA) is 36.1 Å². The second-order valence-corrected chi connectivity index (χ2v) is 5.96. The molecule has 0 saturated heterocycles. The van der Waals surface area contributed by atoms with E-state index < -0.39 is 0 Å². The third-order valence-corrected chi connectivity index (χ3v) is 4.22. The fourth-order valence-electron chi connectivity index (χ4n) is 2.81. The van der Waals surface area contributed by atoms with Crippen LogP contribution in [0.2, 0.25) is 0 Å². The predicted octanol–water partition coefficient (Wildman–Crippen LogP) is 2.99. The summed E-state index contributed by atoms with van der Waals surface area (Å²) in [6, 6.07) is 0.568. The Hall–Kier alpha value is -0.770. The Morgan fingerprint density at radius 1 is 1.17 bits per heavy atom. The van der Waals surface area contributed by atoms with Gasteiger partial charge in [-0.3, -0.25) is 5.43 Å². The smallest absolute Gasteiger partial charge is 0.185 e. The number of hydrogen-bond donors (Lipinski definition) is 3. The first kappa shape index (κ1) is 13.7. The monoisotopic (exact) mass is 267 g/mol. The lowest BCUT2D eigenvalue weighted by Gasteiger charge is -2.26. The number of nitrogens with one attached hydrogen (secondary N) is 3. The van der Waals surface area contributed by atoms with E-state index in [1.165, 1.54) is 57.1 Å². The molecule has 0 amide bonds. The largest absolute Gasteiger partial charge is 0.359 e. The van der Waals surface area contributed by atoms with Crippen molar-refractivity contribution in [3.8, 4) is 0 Å². The summed E-state index contributed by atoms with van der Waals surface area (Å²) in [5, 5.41) is 4.14. The zero-order valence-corrected chi connectivity index (χ0v) is 12.1. The van der Waals surface area contributed by atoms with Crippen molar-refractivity contribution < 1.29 is 0 Å². The van der Waals surface area contributed by atoms with Crippen molar-refractivity contribution in [3.63, 3.8) is 0 Å². The molecule has 0 aromatic carbocycles. The molecule has 3 N–H and O–H groups in total. The number of rotatable bonds is 3. The van der Waals surface area contributed by atoms with Crippen LogP contribution in [0.3, 0.4) is 0 Å². The van der Waals surface area contributed by atoms with Gasteiger partial charge in [0.1, 0.15) is 0 Å². The quantitative estimate of drug-likeness (QED) is 0.543. The van der Waals surface area contributed by atoms with Crippen molar-refractivity contribution in [1.29, 1.82) is 0 Å². The first-order valence-electron chi connectivity index (χ1n) is 7.28. The SMILES string of the molecule is C[C@H]1CCCC=C1NNC(=S)NC1CCCCC1. The second kappa shape index (κ2) is 6.98. The molecule has 1 saturated carbocycles. The molecule has 0 heterocycles. The number of thiocarbonyl (C=S) groups is 1. The molecule has 4 heteroatoms. The summed E-state index contributed by atoms with van der Waals surface area (Å²) in [5.41, 5.74) is 7.69. The summed E-state index contributed by atoms with van der Waals surface area (Å²) in [6.07, 6.45) is 12.6. The molecular formula is C14H25N3S. The van der Waals surface area contributed by atoms with Crippen LogP contribution >= 0.6 is 12.2 Å². The number of hydrogen-bond acceptors (Lipinski definition) is 2. The molecule has 0 aromatic heterocycles. The molecule has 18 heavy (non-hydrogen) atoms. The van der Waals surface area contributed by atoms with Gasteiger partial charge in [0.2, 0.25) is 0 Å². The average Bonchev–Trinajstić information content (AvgIpc) is 2.39. The van der Waals surface area contributed by atoms with E-state index >= 15 is 0 Å². The Morgan fingerprint density at radius 3 is 2.67 bits per heavy atom. The lowest BCUT2D eigenvalue weighted by molar-refractivity contribution is 0.409. The van der Waals surface area contributed by atoms with Crippen LogP contribution in [0.15, 0.2) is 11.8 Å². The number of allylic oxidation sites excluding steroid dienone is 2. The van der Waals surface area contributed by atoms with Gasteiger partial charge in [-0.2, -0.15) is 0 Å². The fraction of sp³-hybridized carbons (Fsp3) is 0.786. The third-order valence-electron chi connectivity index (χ3n) is 4.00. The zero-order chi connectivity index (χ0) is 12.8. The van der Waals surface area contributed by atoms with Crippen molar-refractivity contribution in [2.75, 3.05) is 0 Å². The third kappa shape index (κ3) is 4.16. The zero-order valence-electron chi connectivity index (χ0n) is 11.3. The fourth-order valence-corrected chi connectivity index (χ4v) is 3.03. The lowest BCUT2D eigenvalue weighted by Crippen LogP contribution is -2.48. The highest BCUT2D eigenvalue weighted by Gasteiger charge is 2.15. The maximum absolute atomic E-state index is 5.33. The van der Waals surface area contributed by atoms with E-state index in [2.05, 4.69) is 29.2 Å². The molecule has 0 spiro atoms. The van der Waals surface area contributed by atoms with Crippen LogP contribution in [0.5, 0.6) is 0 Å². The molecule has 2 aliphatic carbocycles. The molecule has 102 valence electrons. The highest BCUT2D eigenvalue weighted by atomic mass is 32.1.